The van der Waals surface area contributed by atoms with Gasteiger partial charge in [0, 0.05) is 0 Å². The van der Waals surface area contributed by atoms with Crippen LogP contribution in [0.2, 0.25) is 10.0 Å². The molecule has 168 valence electrons. The molecule has 4 amide bonds. The molecule has 1 aliphatic rings. The SMILES string of the molecule is O=C1NC(=O)N(Cc2ccco2)C(=O)/C1=C/c1ccc(OCc2ccc(Cl)c(Cl)c2)c(Br)c1. The van der Waals surface area contributed by atoms with E-state index in [-0.39, 0.29) is 18.7 Å². The number of furan rings is 1. The fourth-order valence-corrected chi connectivity index (χ4v) is 3.91. The van der Waals surface area contributed by atoms with Crippen molar-refractivity contribution in [2.45, 2.75) is 13.2 Å². The van der Waals surface area contributed by atoms with Crippen molar-refractivity contribution in [3.05, 3.63) is 91.8 Å². The molecule has 1 N–H and O–H groups in total. The van der Waals surface area contributed by atoms with Crippen LogP contribution in [-0.2, 0) is 22.7 Å². The largest absolute Gasteiger partial charge is 0.488 e. The third kappa shape index (κ3) is 5.30. The third-order valence-electron chi connectivity index (χ3n) is 4.73. The molecule has 3 aromatic rings. The molecule has 2 heterocycles. The molecular formula is C23H15BrCl2N2O5. The van der Waals surface area contributed by atoms with E-state index in [0.29, 0.717) is 31.6 Å². The van der Waals surface area contributed by atoms with Gasteiger partial charge in [0.2, 0.25) is 0 Å². The number of ether oxygens (including phenoxy) is 1. The highest BCUT2D eigenvalue weighted by Crippen LogP contribution is 2.29. The summed E-state index contributed by atoms with van der Waals surface area (Å²) >= 11 is 15.4. The van der Waals surface area contributed by atoms with Crippen LogP contribution in [0.25, 0.3) is 6.08 Å². The van der Waals surface area contributed by atoms with Crippen LogP contribution in [0.5, 0.6) is 5.75 Å². The number of carbonyl (C=O) groups is 3. The molecule has 0 unspecified atom stereocenters. The van der Waals surface area contributed by atoms with Gasteiger partial charge >= 0.3 is 6.03 Å². The molecular weight excluding hydrogens is 535 g/mol. The van der Waals surface area contributed by atoms with Crippen molar-refractivity contribution >= 4 is 63.1 Å². The number of carbonyl (C=O) groups excluding carboxylic acids is 3. The molecule has 0 aliphatic carbocycles. The summed E-state index contributed by atoms with van der Waals surface area (Å²) in [5.41, 5.74) is 1.24. The van der Waals surface area contributed by atoms with Gasteiger partial charge in [0.25, 0.3) is 11.8 Å². The van der Waals surface area contributed by atoms with Gasteiger partial charge in [-0.1, -0.05) is 35.3 Å². The Morgan fingerprint density at radius 1 is 1.06 bits per heavy atom. The van der Waals surface area contributed by atoms with Crippen LogP contribution in [0.3, 0.4) is 0 Å². The summed E-state index contributed by atoms with van der Waals surface area (Å²) in [5, 5.41) is 3.08. The molecule has 10 heteroatoms. The van der Waals surface area contributed by atoms with Crippen molar-refractivity contribution in [2.75, 3.05) is 0 Å². The molecule has 4 rings (SSSR count). The average molecular weight is 550 g/mol. The van der Waals surface area contributed by atoms with Crippen LogP contribution < -0.4 is 10.1 Å². The maximum Gasteiger partial charge on any atom is 0.331 e. The summed E-state index contributed by atoms with van der Waals surface area (Å²) < 4.78 is 11.6. The molecule has 0 radical (unpaired) electrons. The van der Waals surface area contributed by atoms with E-state index in [0.717, 1.165) is 10.5 Å². The fraction of sp³-hybridized carbons (Fsp3) is 0.0870. The van der Waals surface area contributed by atoms with Gasteiger partial charge in [-0.05, 0) is 69.5 Å². The quantitative estimate of drug-likeness (QED) is 0.320. The van der Waals surface area contributed by atoms with E-state index in [1.165, 1.54) is 12.3 Å². The Kier molecular flexibility index (Phi) is 6.88. The molecule has 1 aromatic heterocycles. The highest BCUT2D eigenvalue weighted by atomic mass is 79.9. The first-order valence-electron chi connectivity index (χ1n) is 9.59. The summed E-state index contributed by atoms with van der Waals surface area (Å²) in [6.45, 7) is 0.175. The number of barbiturate groups is 1. The number of nitrogens with one attached hydrogen (secondary N) is 1. The van der Waals surface area contributed by atoms with Gasteiger partial charge in [0.15, 0.2) is 0 Å². The predicted molar refractivity (Wildman–Crippen MR) is 126 cm³/mol. The highest BCUT2D eigenvalue weighted by molar-refractivity contribution is 9.10. The van der Waals surface area contributed by atoms with E-state index in [1.807, 2.05) is 6.07 Å². The molecule has 33 heavy (non-hydrogen) atoms. The summed E-state index contributed by atoms with van der Waals surface area (Å²) in [6.07, 6.45) is 2.85. The van der Waals surface area contributed by atoms with Crippen LogP contribution >= 0.6 is 39.1 Å². The third-order valence-corrected chi connectivity index (χ3v) is 6.08. The zero-order valence-corrected chi connectivity index (χ0v) is 19.9. The van der Waals surface area contributed by atoms with Crippen molar-refractivity contribution in [1.82, 2.24) is 10.2 Å². The van der Waals surface area contributed by atoms with Gasteiger partial charge in [-0.3, -0.25) is 19.8 Å². The Hall–Kier alpha value is -3.07. The van der Waals surface area contributed by atoms with Crippen molar-refractivity contribution < 1.29 is 23.5 Å². The summed E-state index contributed by atoms with van der Waals surface area (Å²) in [6, 6.07) is 12.8. The van der Waals surface area contributed by atoms with Crippen molar-refractivity contribution in [1.29, 1.82) is 0 Å². The number of imide groups is 2. The Bertz CT molecular complexity index is 1270. The zero-order valence-electron chi connectivity index (χ0n) is 16.8. The summed E-state index contributed by atoms with van der Waals surface area (Å²) in [4.78, 5) is 38.2. The van der Waals surface area contributed by atoms with E-state index in [2.05, 4.69) is 21.2 Å². The minimum Gasteiger partial charge on any atom is -0.488 e. The second kappa shape index (κ2) is 9.82. The van der Waals surface area contributed by atoms with E-state index in [4.69, 9.17) is 32.4 Å². The maximum absolute atomic E-state index is 12.8. The standard InChI is InChI=1S/C23H15BrCl2N2O5/c24-17-9-13(4-6-20(17)33-12-14-3-5-18(25)19(26)10-14)8-16-21(29)27-23(31)28(22(16)30)11-15-2-1-7-32-15/h1-10H,11-12H2,(H,27,29,31)/b16-8+. The molecule has 0 bridgehead atoms. The van der Waals surface area contributed by atoms with E-state index >= 15 is 0 Å². The average Bonchev–Trinajstić information content (AvgIpc) is 3.29. The van der Waals surface area contributed by atoms with E-state index < -0.39 is 17.8 Å². The first kappa shape index (κ1) is 23.1. The number of halogens is 3. The van der Waals surface area contributed by atoms with E-state index in [1.54, 1.807) is 42.5 Å². The minimum atomic E-state index is -0.800. The molecule has 1 fully saturated rings. The predicted octanol–water partition coefficient (Wildman–Crippen LogP) is 5.59. The van der Waals surface area contributed by atoms with Gasteiger partial charge in [0.1, 0.15) is 23.7 Å². The molecule has 2 aromatic carbocycles. The monoisotopic (exact) mass is 548 g/mol. The lowest BCUT2D eigenvalue weighted by molar-refractivity contribution is -0.130. The first-order chi connectivity index (χ1) is 15.8. The molecule has 0 atom stereocenters. The number of hydrogen-bond donors (Lipinski definition) is 1. The van der Waals surface area contributed by atoms with Crippen molar-refractivity contribution in [3.63, 3.8) is 0 Å². The molecule has 1 saturated heterocycles. The van der Waals surface area contributed by atoms with Gasteiger partial charge in [-0.15, -0.1) is 0 Å². The lowest BCUT2D eigenvalue weighted by Gasteiger charge is -2.25. The highest BCUT2D eigenvalue weighted by Gasteiger charge is 2.36. The van der Waals surface area contributed by atoms with Gasteiger partial charge in [-0.2, -0.15) is 0 Å². The number of hydrogen-bond acceptors (Lipinski definition) is 5. The Morgan fingerprint density at radius 3 is 2.58 bits per heavy atom. The smallest absolute Gasteiger partial charge is 0.331 e. The van der Waals surface area contributed by atoms with Crippen LogP contribution in [0.4, 0.5) is 4.79 Å². The Balaban J connectivity index is 1.50. The number of urea groups is 1. The van der Waals surface area contributed by atoms with Gasteiger partial charge < -0.3 is 9.15 Å². The maximum atomic E-state index is 12.8. The summed E-state index contributed by atoms with van der Waals surface area (Å²) in [5.74, 6) is -0.510. The first-order valence-corrected chi connectivity index (χ1v) is 11.1. The fourth-order valence-electron chi connectivity index (χ4n) is 3.08. The van der Waals surface area contributed by atoms with Crippen molar-refractivity contribution in [2.24, 2.45) is 0 Å². The normalized spacial score (nSPS) is 15.2. The zero-order chi connectivity index (χ0) is 23.5. The molecule has 7 nitrogen and oxygen atoms in total. The van der Waals surface area contributed by atoms with E-state index in [9.17, 15) is 14.4 Å². The Labute approximate surface area is 207 Å². The molecule has 1 aliphatic heterocycles. The number of benzene rings is 2. The number of nitrogens with zero attached hydrogens (tertiary/aromatic N) is 1. The van der Waals surface area contributed by atoms with Crippen LogP contribution in [-0.4, -0.2) is 22.7 Å². The lowest BCUT2D eigenvalue weighted by Crippen LogP contribution is -2.53. The second-order valence-electron chi connectivity index (χ2n) is 7.01. The van der Waals surface area contributed by atoms with Gasteiger partial charge in [0.05, 0.1) is 27.3 Å². The number of rotatable bonds is 6. The molecule has 0 saturated carbocycles. The topological polar surface area (TPSA) is 88.9 Å². The van der Waals surface area contributed by atoms with Crippen molar-refractivity contribution in [3.8, 4) is 5.75 Å². The second-order valence-corrected chi connectivity index (χ2v) is 8.68. The Morgan fingerprint density at radius 2 is 1.88 bits per heavy atom. The molecule has 0 spiro atoms. The van der Waals surface area contributed by atoms with Crippen LogP contribution in [0.15, 0.2) is 69.3 Å². The van der Waals surface area contributed by atoms with Crippen LogP contribution in [0.1, 0.15) is 16.9 Å². The summed E-state index contributed by atoms with van der Waals surface area (Å²) in [7, 11) is 0. The number of amides is 4. The van der Waals surface area contributed by atoms with Gasteiger partial charge in [-0.25, -0.2) is 4.79 Å². The lowest BCUT2D eigenvalue weighted by atomic mass is 10.1. The minimum absolute atomic E-state index is 0.0898. The van der Waals surface area contributed by atoms with Crippen LogP contribution in [0, 0.1) is 0 Å².